The van der Waals surface area contributed by atoms with Crippen molar-refractivity contribution in [2.75, 3.05) is 31.7 Å². The van der Waals surface area contributed by atoms with E-state index < -0.39 is 0 Å². The molecule has 4 nitrogen and oxygen atoms in total. The number of para-hydroxylation sites is 1. The van der Waals surface area contributed by atoms with E-state index in [4.69, 9.17) is 9.47 Å². The zero-order valence-corrected chi connectivity index (χ0v) is 12.5. The molecule has 1 saturated heterocycles. The number of rotatable bonds is 6. The van der Waals surface area contributed by atoms with Crippen LogP contribution in [0.2, 0.25) is 0 Å². The number of aryl methyl sites for hydroxylation is 1. The maximum atomic E-state index is 5.67. The molecular formula is C17H22N2O2. The van der Waals surface area contributed by atoms with Crippen molar-refractivity contribution in [2.24, 2.45) is 0 Å². The number of nitrogens with one attached hydrogen (secondary N) is 1. The van der Waals surface area contributed by atoms with E-state index in [0.29, 0.717) is 19.3 Å². The molecule has 0 radical (unpaired) electrons. The van der Waals surface area contributed by atoms with Gasteiger partial charge in [-0.2, -0.15) is 0 Å². The van der Waals surface area contributed by atoms with Gasteiger partial charge in [0.15, 0.2) is 0 Å². The number of ether oxygens (including phenoxy) is 2. The normalized spacial score (nSPS) is 18.2. The first-order valence-corrected chi connectivity index (χ1v) is 7.62. The van der Waals surface area contributed by atoms with Gasteiger partial charge in [-0.3, -0.25) is 4.98 Å². The number of nitrogens with zero attached hydrogens (tertiary/aromatic N) is 1. The molecule has 1 aliphatic rings. The zero-order valence-electron chi connectivity index (χ0n) is 12.5. The first-order valence-electron chi connectivity index (χ1n) is 7.62. The van der Waals surface area contributed by atoms with Crippen LogP contribution in [0.1, 0.15) is 18.4 Å². The summed E-state index contributed by atoms with van der Waals surface area (Å²) in [5.74, 6) is 0. The Balaban J connectivity index is 1.52. The molecule has 1 aliphatic heterocycles. The predicted molar refractivity (Wildman–Crippen MR) is 84.8 cm³/mol. The van der Waals surface area contributed by atoms with Crippen LogP contribution in [0.15, 0.2) is 30.5 Å². The van der Waals surface area contributed by atoms with Crippen LogP contribution in [-0.2, 0) is 9.47 Å². The molecule has 1 aromatic heterocycles. The van der Waals surface area contributed by atoms with Gasteiger partial charge < -0.3 is 14.8 Å². The maximum absolute atomic E-state index is 5.67. The number of fused-ring (bicyclic) bond motifs is 1. The van der Waals surface area contributed by atoms with Gasteiger partial charge in [-0.1, -0.05) is 18.2 Å². The van der Waals surface area contributed by atoms with E-state index in [1.54, 1.807) is 0 Å². The molecule has 21 heavy (non-hydrogen) atoms. The molecule has 1 aromatic carbocycles. The molecule has 0 bridgehead atoms. The largest absolute Gasteiger partial charge is 0.382 e. The Morgan fingerprint density at radius 3 is 3.19 bits per heavy atom. The van der Waals surface area contributed by atoms with E-state index in [2.05, 4.69) is 35.4 Å². The summed E-state index contributed by atoms with van der Waals surface area (Å²) in [5.41, 5.74) is 3.37. The van der Waals surface area contributed by atoms with Gasteiger partial charge in [0.25, 0.3) is 0 Å². The lowest BCUT2D eigenvalue weighted by molar-refractivity contribution is 0.0206. The van der Waals surface area contributed by atoms with Crippen LogP contribution < -0.4 is 5.32 Å². The fourth-order valence-electron chi connectivity index (χ4n) is 2.73. The van der Waals surface area contributed by atoms with E-state index in [1.807, 2.05) is 12.3 Å². The highest BCUT2D eigenvalue weighted by Crippen LogP contribution is 2.23. The fourth-order valence-corrected chi connectivity index (χ4v) is 2.73. The van der Waals surface area contributed by atoms with Crippen molar-refractivity contribution in [3.05, 3.63) is 36.0 Å². The zero-order chi connectivity index (χ0) is 14.5. The summed E-state index contributed by atoms with van der Waals surface area (Å²) in [6.45, 7) is 5.16. The van der Waals surface area contributed by atoms with Crippen LogP contribution in [0.3, 0.4) is 0 Å². The second-order valence-electron chi connectivity index (χ2n) is 5.47. The van der Waals surface area contributed by atoms with Gasteiger partial charge >= 0.3 is 0 Å². The Morgan fingerprint density at radius 1 is 1.38 bits per heavy atom. The number of hydrogen-bond donors (Lipinski definition) is 1. The number of aromatic nitrogens is 1. The van der Waals surface area contributed by atoms with E-state index in [0.717, 1.165) is 42.6 Å². The number of benzene rings is 1. The van der Waals surface area contributed by atoms with Crippen LogP contribution in [0.4, 0.5) is 5.69 Å². The Hall–Kier alpha value is -1.65. The van der Waals surface area contributed by atoms with Crippen molar-refractivity contribution in [1.29, 1.82) is 0 Å². The van der Waals surface area contributed by atoms with Gasteiger partial charge in [-0.25, -0.2) is 0 Å². The molecule has 4 heteroatoms. The molecule has 2 heterocycles. The van der Waals surface area contributed by atoms with Gasteiger partial charge in [-0.05, 0) is 31.4 Å². The quantitative estimate of drug-likeness (QED) is 0.828. The molecule has 1 unspecified atom stereocenters. The standard InChI is InChI=1S/C17H22N2O2/c1-13-4-2-6-15-16(7-8-19-17(13)15)18-9-11-20-12-14-5-3-10-21-14/h2,4,6-8,14H,3,5,9-12H2,1H3,(H,18,19). The number of hydrogen-bond acceptors (Lipinski definition) is 4. The highest BCUT2D eigenvalue weighted by atomic mass is 16.5. The Bertz CT molecular complexity index is 594. The molecule has 1 atom stereocenters. The van der Waals surface area contributed by atoms with Crippen molar-refractivity contribution < 1.29 is 9.47 Å². The summed E-state index contributed by atoms with van der Waals surface area (Å²) >= 11 is 0. The summed E-state index contributed by atoms with van der Waals surface area (Å²) in [7, 11) is 0. The van der Waals surface area contributed by atoms with Gasteiger partial charge in [0.1, 0.15) is 0 Å². The van der Waals surface area contributed by atoms with Gasteiger partial charge in [0, 0.05) is 30.4 Å². The molecule has 1 fully saturated rings. The fraction of sp³-hybridized carbons (Fsp3) is 0.471. The summed E-state index contributed by atoms with van der Waals surface area (Å²) < 4.78 is 11.2. The lowest BCUT2D eigenvalue weighted by Crippen LogP contribution is -2.17. The van der Waals surface area contributed by atoms with Crippen molar-refractivity contribution in [3.63, 3.8) is 0 Å². The van der Waals surface area contributed by atoms with E-state index in [-0.39, 0.29) is 0 Å². The minimum absolute atomic E-state index is 0.300. The minimum atomic E-state index is 0.300. The van der Waals surface area contributed by atoms with E-state index in [9.17, 15) is 0 Å². The highest BCUT2D eigenvalue weighted by Gasteiger charge is 2.14. The summed E-state index contributed by atoms with van der Waals surface area (Å²) in [5, 5.41) is 4.60. The van der Waals surface area contributed by atoms with Crippen molar-refractivity contribution in [1.82, 2.24) is 4.98 Å². The Morgan fingerprint density at radius 2 is 2.33 bits per heavy atom. The minimum Gasteiger partial charge on any atom is -0.382 e. The van der Waals surface area contributed by atoms with Crippen molar-refractivity contribution >= 4 is 16.6 Å². The Labute approximate surface area is 125 Å². The molecule has 0 spiro atoms. The molecule has 0 saturated carbocycles. The van der Waals surface area contributed by atoms with Gasteiger partial charge in [-0.15, -0.1) is 0 Å². The molecule has 2 aromatic rings. The summed E-state index contributed by atoms with van der Waals surface area (Å²) in [6, 6.07) is 8.27. The molecule has 112 valence electrons. The maximum Gasteiger partial charge on any atom is 0.0809 e. The van der Waals surface area contributed by atoms with Gasteiger partial charge in [0.05, 0.1) is 24.8 Å². The average molecular weight is 286 g/mol. The average Bonchev–Trinajstić information content (AvgIpc) is 3.01. The summed E-state index contributed by atoms with van der Waals surface area (Å²) in [4.78, 5) is 4.45. The number of pyridine rings is 1. The first kappa shape index (κ1) is 14.3. The lowest BCUT2D eigenvalue weighted by atomic mass is 10.1. The second-order valence-corrected chi connectivity index (χ2v) is 5.47. The van der Waals surface area contributed by atoms with Crippen LogP contribution in [0, 0.1) is 6.92 Å². The first-order chi connectivity index (χ1) is 10.3. The van der Waals surface area contributed by atoms with Crippen molar-refractivity contribution in [3.8, 4) is 0 Å². The number of anilines is 1. The van der Waals surface area contributed by atoms with Gasteiger partial charge in [0.2, 0.25) is 0 Å². The molecular weight excluding hydrogens is 264 g/mol. The topological polar surface area (TPSA) is 43.4 Å². The predicted octanol–water partition coefficient (Wildman–Crippen LogP) is 3.15. The third-order valence-corrected chi connectivity index (χ3v) is 3.86. The van der Waals surface area contributed by atoms with Crippen LogP contribution in [0.5, 0.6) is 0 Å². The van der Waals surface area contributed by atoms with E-state index >= 15 is 0 Å². The molecule has 0 amide bonds. The second kappa shape index (κ2) is 6.87. The third kappa shape index (κ3) is 3.52. The monoisotopic (exact) mass is 286 g/mol. The van der Waals surface area contributed by atoms with Crippen LogP contribution >= 0.6 is 0 Å². The smallest absolute Gasteiger partial charge is 0.0809 e. The molecule has 3 rings (SSSR count). The van der Waals surface area contributed by atoms with Crippen molar-refractivity contribution in [2.45, 2.75) is 25.9 Å². The van der Waals surface area contributed by atoms with Crippen LogP contribution in [-0.4, -0.2) is 37.5 Å². The third-order valence-electron chi connectivity index (χ3n) is 3.86. The molecule has 0 aliphatic carbocycles. The molecule has 1 N–H and O–H groups in total. The highest BCUT2D eigenvalue weighted by molar-refractivity contribution is 5.92. The Kier molecular flexibility index (Phi) is 4.68. The van der Waals surface area contributed by atoms with Crippen LogP contribution in [0.25, 0.3) is 10.9 Å². The SMILES string of the molecule is Cc1cccc2c(NCCOCC3CCCO3)ccnc12. The summed E-state index contributed by atoms with van der Waals surface area (Å²) in [6.07, 6.45) is 4.44. The van der Waals surface area contributed by atoms with E-state index in [1.165, 1.54) is 5.56 Å². The lowest BCUT2D eigenvalue weighted by Gasteiger charge is -2.12.